The molecule has 1 aliphatic rings. The molecule has 1 N–H and O–H groups in total. The van der Waals surface area contributed by atoms with Gasteiger partial charge >= 0.3 is 0 Å². The molecule has 9 heteroatoms. The van der Waals surface area contributed by atoms with Crippen molar-refractivity contribution in [3.05, 3.63) is 27.8 Å². The fourth-order valence-corrected chi connectivity index (χ4v) is 4.42. The number of piperidine rings is 1. The highest BCUT2D eigenvalue weighted by Crippen LogP contribution is 2.24. The maximum atomic E-state index is 12.9. The highest BCUT2D eigenvalue weighted by molar-refractivity contribution is 7.16. The first-order chi connectivity index (χ1) is 12.9. The quantitative estimate of drug-likeness (QED) is 0.731. The van der Waals surface area contributed by atoms with Crippen molar-refractivity contribution in [3.63, 3.8) is 0 Å². The Morgan fingerprint density at radius 3 is 3.00 bits per heavy atom. The monoisotopic (exact) mass is 388 g/mol. The second-order valence-corrected chi connectivity index (χ2v) is 8.44. The van der Waals surface area contributed by atoms with Crippen molar-refractivity contribution in [3.8, 4) is 0 Å². The number of hydrogen-bond donors (Lipinski definition) is 1. The van der Waals surface area contributed by atoms with Crippen LogP contribution >= 0.6 is 11.3 Å². The van der Waals surface area contributed by atoms with Crippen LogP contribution in [0.25, 0.3) is 15.9 Å². The molecule has 1 aliphatic heterocycles. The van der Waals surface area contributed by atoms with Crippen molar-refractivity contribution >= 4 is 33.1 Å². The molecular formula is C18H24N6O2S. The zero-order valence-electron chi connectivity index (χ0n) is 15.8. The average Bonchev–Trinajstić information content (AvgIpc) is 3.18. The van der Waals surface area contributed by atoms with Crippen LogP contribution in [0.3, 0.4) is 0 Å². The molecule has 0 saturated carbocycles. The molecule has 4 heterocycles. The number of fused-ring (bicyclic) bond motifs is 3. The number of aromatic nitrogens is 4. The first kappa shape index (κ1) is 18.1. The number of nitrogens with one attached hydrogen (secondary N) is 1. The van der Waals surface area contributed by atoms with Crippen molar-refractivity contribution in [1.29, 1.82) is 0 Å². The Hall–Kier alpha value is -2.26. The highest BCUT2D eigenvalue weighted by Gasteiger charge is 2.22. The van der Waals surface area contributed by atoms with E-state index in [-0.39, 0.29) is 30.0 Å². The summed E-state index contributed by atoms with van der Waals surface area (Å²) in [5, 5.41) is 7.56. The van der Waals surface area contributed by atoms with Crippen LogP contribution in [-0.2, 0) is 11.3 Å². The molecule has 0 aromatic carbocycles. The Balaban J connectivity index is 1.66. The molecule has 0 unspecified atom stereocenters. The van der Waals surface area contributed by atoms with Gasteiger partial charge in [0.1, 0.15) is 17.9 Å². The number of thiazole rings is 1. The van der Waals surface area contributed by atoms with Crippen molar-refractivity contribution < 1.29 is 4.79 Å². The predicted molar refractivity (Wildman–Crippen MR) is 105 cm³/mol. The molecule has 0 bridgehead atoms. The molecule has 4 rings (SSSR count). The fraction of sp³-hybridized carbons (Fsp3) is 0.556. The minimum atomic E-state index is -0.263. The molecule has 8 nitrogen and oxygen atoms in total. The number of rotatable bonds is 4. The van der Waals surface area contributed by atoms with E-state index in [0.29, 0.717) is 5.52 Å². The summed E-state index contributed by atoms with van der Waals surface area (Å²) < 4.78 is 4.06. The van der Waals surface area contributed by atoms with Gasteiger partial charge in [0.25, 0.3) is 5.56 Å². The first-order valence-electron chi connectivity index (χ1n) is 9.27. The molecule has 1 atom stereocenters. The van der Waals surface area contributed by atoms with E-state index in [1.807, 2.05) is 24.3 Å². The van der Waals surface area contributed by atoms with Crippen LogP contribution in [0.15, 0.2) is 16.4 Å². The summed E-state index contributed by atoms with van der Waals surface area (Å²) in [5.41, 5.74) is 2.78. The van der Waals surface area contributed by atoms with Gasteiger partial charge in [-0.3, -0.25) is 14.0 Å². The summed E-state index contributed by atoms with van der Waals surface area (Å²) in [7, 11) is 2.06. The third-order valence-corrected chi connectivity index (χ3v) is 5.77. The smallest absolute Gasteiger partial charge is 0.291 e. The number of carbonyl (C=O) groups is 1. The molecule has 1 amide bonds. The van der Waals surface area contributed by atoms with Crippen LogP contribution in [0.1, 0.15) is 38.4 Å². The zero-order chi connectivity index (χ0) is 19.1. The largest absolute Gasteiger partial charge is 0.350 e. The van der Waals surface area contributed by atoms with Crippen molar-refractivity contribution in [2.24, 2.45) is 0 Å². The lowest BCUT2D eigenvalue weighted by Gasteiger charge is -2.30. The Labute approximate surface area is 160 Å². The van der Waals surface area contributed by atoms with E-state index in [1.165, 1.54) is 16.0 Å². The van der Waals surface area contributed by atoms with Gasteiger partial charge in [0.2, 0.25) is 5.91 Å². The molecule has 0 aliphatic carbocycles. The Morgan fingerprint density at radius 2 is 2.26 bits per heavy atom. The summed E-state index contributed by atoms with van der Waals surface area (Å²) in [6.45, 7) is 5.87. The van der Waals surface area contributed by atoms with Crippen molar-refractivity contribution in [2.45, 2.75) is 45.2 Å². The average molecular weight is 388 g/mol. The van der Waals surface area contributed by atoms with Gasteiger partial charge in [-0.15, -0.1) is 11.3 Å². The van der Waals surface area contributed by atoms with Crippen molar-refractivity contribution in [2.75, 3.05) is 20.1 Å². The number of carbonyl (C=O) groups excluding carboxylic acids is 1. The SMILES string of the molecule is CC(C)c1nn(CC(=O)N[C@@H]2CCCN(C)C2)c(=O)c2cc3scnc3n12. The second-order valence-electron chi connectivity index (χ2n) is 7.55. The summed E-state index contributed by atoms with van der Waals surface area (Å²) in [6.07, 6.45) is 2.03. The van der Waals surface area contributed by atoms with E-state index < -0.39 is 0 Å². The normalized spacial score (nSPS) is 18.6. The number of amides is 1. The van der Waals surface area contributed by atoms with E-state index in [2.05, 4.69) is 27.3 Å². The topological polar surface area (TPSA) is 84.5 Å². The van der Waals surface area contributed by atoms with E-state index in [4.69, 9.17) is 0 Å². The van der Waals surface area contributed by atoms with E-state index in [1.54, 1.807) is 5.51 Å². The molecule has 1 fully saturated rings. The maximum Gasteiger partial charge on any atom is 0.291 e. The minimum Gasteiger partial charge on any atom is -0.350 e. The van der Waals surface area contributed by atoms with Gasteiger partial charge in [0.05, 0.1) is 10.2 Å². The van der Waals surface area contributed by atoms with Crippen LogP contribution in [0.4, 0.5) is 0 Å². The Bertz CT molecular complexity index is 1050. The summed E-state index contributed by atoms with van der Waals surface area (Å²) in [5.74, 6) is 0.651. The third-order valence-electron chi connectivity index (χ3n) is 5.00. The molecule has 3 aromatic rings. The maximum absolute atomic E-state index is 12.9. The molecule has 0 radical (unpaired) electrons. The summed E-state index contributed by atoms with van der Waals surface area (Å²) in [4.78, 5) is 32.0. The van der Waals surface area contributed by atoms with Gasteiger partial charge < -0.3 is 10.2 Å². The first-order valence-corrected chi connectivity index (χ1v) is 10.2. The number of hydrogen-bond acceptors (Lipinski definition) is 6. The second kappa shape index (κ2) is 7.05. The zero-order valence-corrected chi connectivity index (χ0v) is 16.6. The standard InChI is InChI=1S/C18H24N6O2S/c1-11(2)16-21-23(9-15(25)20-12-5-4-6-22(3)8-12)18(26)13-7-14-17(24(13)16)19-10-27-14/h7,10-12H,4-6,8-9H2,1-3H3,(H,20,25)/t12-/m1/s1. The number of nitrogens with zero attached hydrogens (tertiary/aromatic N) is 5. The fourth-order valence-electron chi connectivity index (χ4n) is 3.73. The van der Waals surface area contributed by atoms with Crippen LogP contribution in [-0.4, -0.2) is 56.2 Å². The Kier molecular flexibility index (Phi) is 4.73. The lowest BCUT2D eigenvalue weighted by molar-refractivity contribution is -0.123. The lowest BCUT2D eigenvalue weighted by atomic mass is 10.1. The molecule has 144 valence electrons. The van der Waals surface area contributed by atoms with E-state index >= 15 is 0 Å². The minimum absolute atomic E-state index is 0.0679. The predicted octanol–water partition coefficient (Wildman–Crippen LogP) is 1.44. The van der Waals surface area contributed by atoms with Crippen LogP contribution in [0, 0.1) is 0 Å². The molecule has 3 aromatic heterocycles. The van der Waals surface area contributed by atoms with E-state index in [0.717, 1.165) is 42.1 Å². The number of likely N-dealkylation sites (tertiary alicyclic amines) is 1. The molecule has 1 saturated heterocycles. The van der Waals surface area contributed by atoms with Crippen LogP contribution < -0.4 is 10.9 Å². The van der Waals surface area contributed by atoms with E-state index in [9.17, 15) is 9.59 Å². The lowest BCUT2D eigenvalue weighted by Crippen LogP contribution is -2.48. The molecule has 27 heavy (non-hydrogen) atoms. The van der Waals surface area contributed by atoms with Crippen molar-refractivity contribution in [1.82, 2.24) is 29.4 Å². The molecular weight excluding hydrogens is 364 g/mol. The van der Waals surface area contributed by atoms with Gasteiger partial charge in [0, 0.05) is 18.5 Å². The summed E-state index contributed by atoms with van der Waals surface area (Å²) in [6, 6.07) is 1.97. The molecule has 0 spiro atoms. The third kappa shape index (κ3) is 3.37. The van der Waals surface area contributed by atoms with Gasteiger partial charge in [-0.1, -0.05) is 13.8 Å². The van der Waals surface area contributed by atoms with Gasteiger partial charge in [0.15, 0.2) is 5.65 Å². The van der Waals surface area contributed by atoms with Gasteiger partial charge in [-0.2, -0.15) is 5.10 Å². The summed E-state index contributed by atoms with van der Waals surface area (Å²) >= 11 is 1.49. The number of likely N-dealkylation sites (N-methyl/N-ethyl adjacent to an activating group) is 1. The Morgan fingerprint density at radius 1 is 1.44 bits per heavy atom. The highest BCUT2D eigenvalue weighted by atomic mass is 32.1. The van der Waals surface area contributed by atoms with Gasteiger partial charge in [-0.25, -0.2) is 9.67 Å². The van der Waals surface area contributed by atoms with Crippen LogP contribution in [0.5, 0.6) is 0 Å². The van der Waals surface area contributed by atoms with Crippen LogP contribution in [0.2, 0.25) is 0 Å². The van der Waals surface area contributed by atoms with Gasteiger partial charge in [-0.05, 0) is 32.5 Å².